The van der Waals surface area contributed by atoms with Crippen molar-refractivity contribution < 1.29 is 72.1 Å². The molecule has 3 amide bonds. The third-order valence-electron chi connectivity index (χ3n) is 17.8. The zero-order valence-corrected chi connectivity index (χ0v) is 63.0. The number of nitrogens with two attached hydrogens (primary N) is 1. The van der Waals surface area contributed by atoms with Crippen molar-refractivity contribution in [2.75, 3.05) is 110 Å². The Balaban J connectivity index is 0.000000509. The smallest absolute Gasteiger partial charge is 0.407 e. The van der Waals surface area contributed by atoms with E-state index in [0.29, 0.717) is 165 Å². The van der Waals surface area contributed by atoms with Crippen molar-refractivity contribution in [3.63, 3.8) is 0 Å². The molecule has 1 saturated heterocycles. The second kappa shape index (κ2) is 41.9. The van der Waals surface area contributed by atoms with E-state index in [1.807, 2.05) is 15.6 Å². The molecule has 2 unspecified atom stereocenters. The van der Waals surface area contributed by atoms with E-state index in [1.54, 1.807) is 86.3 Å². The van der Waals surface area contributed by atoms with Crippen molar-refractivity contribution in [3.05, 3.63) is 111 Å². The first-order chi connectivity index (χ1) is 50.4. The summed E-state index contributed by atoms with van der Waals surface area (Å²) in [6.45, 7) is 4.89. The van der Waals surface area contributed by atoms with E-state index in [4.69, 9.17) is 35.8 Å². The number of halogens is 1. The van der Waals surface area contributed by atoms with Gasteiger partial charge >= 0.3 is 18.1 Å². The monoisotopic (exact) mass is 1530 g/mol. The number of likely N-dealkylation sites (N-methyl/N-ethyl adjacent to an activating group) is 1. The number of hydrogen-bond acceptors (Lipinski definition) is 21. The molecular formula is C76H97BrN11O16P. The Morgan fingerprint density at radius 1 is 0.752 bits per heavy atom. The van der Waals surface area contributed by atoms with Gasteiger partial charge in [0, 0.05) is 145 Å². The van der Waals surface area contributed by atoms with Gasteiger partial charge in [-0.1, -0.05) is 63.3 Å². The van der Waals surface area contributed by atoms with Crippen molar-refractivity contribution >= 4 is 98.4 Å². The Hall–Kier alpha value is -9.39. The van der Waals surface area contributed by atoms with E-state index in [0.717, 1.165) is 43.9 Å². The van der Waals surface area contributed by atoms with Crippen molar-refractivity contribution in [2.24, 2.45) is 5.73 Å². The Morgan fingerprint density at radius 2 is 1.44 bits per heavy atom. The number of amides is 3. The van der Waals surface area contributed by atoms with E-state index in [9.17, 15) is 58.2 Å². The van der Waals surface area contributed by atoms with Gasteiger partial charge in [0.25, 0.3) is 0 Å². The summed E-state index contributed by atoms with van der Waals surface area (Å²) in [7, 11) is 3.68. The number of rotatable bonds is 42. The molecule has 4 heterocycles. The summed E-state index contributed by atoms with van der Waals surface area (Å²) >= 11 is 3.40. The fourth-order valence-electron chi connectivity index (χ4n) is 11.9. The van der Waals surface area contributed by atoms with Gasteiger partial charge in [-0.2, -0.15) is 15.0 Å². The summed E-state index contributed by atoms with van der Waals surface area (Å²) in [5, 5.41) is 33.8. The van der Waals surface area contributed by atoms with Crippen LogP contribution in [0.4, 0.5) is 16.7 Å². The van der Waals surface area contributed by atoms with E-state index < -0.39 is 31.5 Å². The number of benzene rings is 4. The average Bonchev–Trinajstić information content (AvgIpc) is 0.758. The first-order valence-electron chi connectivity index (χ1n) is 35.6. The minimum absolute atomic E-state index is 0.000884. The number of nitrogens with zero attached hydrogens (tertiary/aromatic N) is 9. The number of carbonyl (C=O) groups excluding carboxylic acids is 6. The zero-order chi connectivity index (χ0) is 76.0. The summed E-state index contributed by atoms with van der Waals surface area (Å²) in [6.07, 6.45) is 15.4. The summed E-state index contributed by atoms with van der Waals surface area (Å²) in [5.74, 6) is 1.81. The van der Waals surface area contributed by atoms with Crippen LogP contribution in [0.15, 0.2) is 98.6 Å². The molecule has 105 heavy (non-hydrogen) atoms. The number of phenols is 2. The summed E-state index contributed by atoms with van der Waals surface area (Å²) < 4.78 is 41.6. The topological polar surface area (TPSA) is 361 Å². The maximum Gasteiger partial charge on any atom is 0.407 e. The Morgan fingerprint density at radius 3 is 2.16 bits per heavy atom. The molecule has 2 atom stereocenters. The number of carboxylic acids is 1. The molecular weight excluding hydrogens is 1430 g/mol. The molecule has 1 fully saturated rings. The number of terminal acetylenes is 1. The number of carbonyl (C=O) groups is 7. The van der Waals surface area contributed by atoms with Crippen LogP contribution in [0.25, 0.3) is 44.3 Å². The van der Waals surface area contributed by atoms with E-state index in [1.165, 1.54) is 35.2 Å². The number of carboxylic acid groups (broad SMARTS) is 1. The minimum Gasteiger partial charge on any atom is -0.508 e. The fourth-order valence-corrected chi connectivity index (χ4v) is 14.8. The molecule has 29 heteroatoms. The molecule has 0 spiro atoms. The van der Waals surface area contributed by atoms with Crippen molar-refractivity contribution in [3.8, 4) is 52.3 Å². The minimum atomic E-state index is -3.14. The van der Waals surface area contributed by atoms with Crippen LogP contribution in [0, 0.1) is 12.3 Å². The van der Waals surface area contributed by atoms with Gasteiger partial charge in [0.1, 0.15) is 52.9 Å². The maximum atomic E-state index is 14.3. The summed E-state index contributed by atoms with van der Waals surface area (Å²) in [4.78, 5) is 122. The molecule has 2 aliphatic heterocycles. The SMILES string of the molecule is C#CCCC(=O)CCCCCNC(=O)OC(CCN(C)C(=O)CCCCC(=O)CCCOCCOc1nc(N(C)CC(N)=O)nc(N2CCN(P(=O)(CC(=O)CCCCCCC)N(C)C)CC2)n1)c1ccc2ccc(O)c(Br)c2n1.O=C(O)c1ccccc1-c1c2ccc(=O)cc-2oc2cc(O)ccc12. The van der Waals surface area contributed by atoms with Crippen LogP contribution in [0.3, 0.4) is 0 Å². The second-order valence-corrected chi connectivity index (χ2v) is 29.8. The third kappa shape index (κ3) is 25.4. The van der Waals surface area contributed by atoms with Gasteiger partial charge in [0.15, 0.2) is 5.43 Å². The van der Waals surface area contributed by atoms with Gasteiger partial charge in [-0.25, -0.2) is 23.9 Å². The van der Waals surface area contributed by atoms with Crippen molar-refractivity contribution in [2.45, 2.75) is 135 Å². The Kier molecular flexibility index (Phi) is 33.1. The molecule has 564 valence electrons. The lowest BCUT2D eigenvalue weighted by molar-refractivity contribution is -0.130. The molecule has 3 aromatic carbocycles. The van der Waals surface area contributed by atoms with Crippen molar-refractivity contribution in [1.82, 2.24) is 39.5 Å². The van der Waals surface area contributed by atoms with Gasteiger partial charge in [-0.15, -0.1) is 12.3 Å². The largest absolute Gasteiger partial charge is 0.508 e. The number of anilines is 2. The van der Waals surface area contributed by atoms with Crippen molar-refractivity contribution in [1.29, 1.82) is 0 Å². The number of alkyl carbamates (subject to hydrolysis) is 1. The molecule has 2 aromatic heterocycles. The van der Waals surface area contributed by atoms with Gasteiger partial charge in [-0.05, 0) is 123 Å². The van der Waals surface area contributed by atoms with E-state index >= 15 is 0 Å². The number of aromatic hydroxyl groups is 2. The lowest BCUT2D eigenvalue weighted by Gasteiger charge is -2.41. The van der Waals surface area contributed by atoms with Crippen LogP contribution in [0.2, 0.25) is 0 Å². The highest BCUT2D eigenvalue weighted by Gasteiger charge is 2.38. The molecule has 0 saturated carbocycles. The van der Waals surface area contributed by atoms with Gasteiger partial charge in [0.2, 0.25) is 31.2 Å². The molecule has 0 radical (unpaired) electrons. The highest BCUT2D eigenvalue weighted by molar-refractivity contribution is 9.10. The highest BCUT2D eigenvalue weighted by atomic mass is 79.9. The Labute approximate surface area is 620 Å². The number of fused-ring (bicyclic) bond motifs is 3. The lowest BCUT2D eigenvalue weighted by Crippen LogP contribution is -2.47. The highest BCUT2D eigenvalue weighted by Crippen LogP contribution is 2.52. The average molecular weight is 1530 g/mol. The normalized spacial score (nSPS) is 13.1. The van der Waals surface area contributed by atoms with Crippen LogP contribution < -0.4 is 31.0 Å². The van der Waals surface area contributed by atoms with E-state index in [2.05, 4.69) is 49.0 Å². The first kappa shape index (κ1) is 82.9. The lowest BCUT2D eigenvalue weighted by atomic mass is 9.91. The molecule has 27 nitrogen and oxygen atoms in total. The quantitative estimate of drug-likeness (QED) is 0.0103. The number of ketones is 3. The van der Waals surface area contributed by atoms with E-state index in [-0.39, 0.29) is 103 Å². The number of primary amides is 1. The number of phenolic OH excluding ortho intramolecular Hbond substituents is 2. The van der Waals surface area contributed by atoms with Crippen LogP contribution in [-0.4, -0.2) is 191 Å². The number of aromatic nitrogens is 4. The summed E-state index contributed by atoms with van der Waals surface area (Å²) in [6, 6.07) is 22.6. The predicted molar refractivity (Wildman–Crippen MR) is 405 cm³/mol. The molecule has 5 aromatic rings. The molecule has 3 aliphatic rings. The van der Waals surface area contributed by atoms with Crippen LogP contribution in [-0.2, 0) is 38.0 Å². The van der Waals surface area contributed by atoms with Crippen LogP contribution in [0.1, 0.15) is 151 Å². The first-order valence-corrected chi connectivity index (χ1v) is 38.2. The number of hydrogen-bond donors (Lipinski definition) is 5. The van der Waals surface area contributed by atoms with Crippen LogP contribution in [0.5, 0.6) is 17.5 Å². The molecule has 6 N–H and O–H groups in total. The number of unbranched alkanes of at least 4 members (excludes halogenated alkanes) is 7. The standard InChI is InChI=1S/C56H85BrN11O11P.C20H12O5/c1-7-9-11-12-14-23-45(71)41-80(76,64(3)4)68-35-33-67(34-36-68)54-61-53(66(6)40-49(58)73)62-55(63-54)78-39-38-77-37-19-24-44(70)22-16-17-25-50(74)65(5)32-30-48(46-28-26-42-27-29-47(72)51(57)52(42)60-46)79-56(75)59-31-18-13-15-21-43(69)20-10-8-2;21-11-5-7-15-17(9-11)25-18-10-12(22)6-8-16(18)19(15)13-3-1-2-4-14(13)20(23)24/h2,26-29,48,72H,7,9-25,30-41H2,1,3-6H3,(H2,58,73)(H,59,75);1-10,21H,(H,23,24). The number of Topliss-reactive ketones (excluding diaryl/α,β-unsaturated/α-hetero) is 3. The maximum absolute atomic E-state index is 14.3. The Bertz CT molecular complexity index is 4240. The van der Waals surface area contributed by atoms with Gasteiger partial charge < -0.3 is 59.7 Å². The van der Waals surface area contributed by atoms with Gasteiger partial charge in [0.05, 0.1) is 40.6 Å². The molecule has 1 aliphatic carbocycles. The third-order valence-corrected chi connectivity index (χ3v) is 21.8. The van der Waals surface area contributed by atoms with Gasteiger partial charge in [-0.3, -0.25) is 33.3 Å². The number of pyridine rings is 1. The number of nitrogens with one attached hydrogen (secondary N) is 1. The number of ether oxygens (including phenoxy) is 3. The number of piperazine rings is 1. The molecule has 0 bridgehead atoms. The number of aromatic carboxylic acids is 1. The zero-order valence-electron chi connectivity index (χ0n) is 60.5. The fraction of sp³-hybridized carbons (Fsp3) is 0.474. The summed E-state index contributed by atoms with van der Waals surface area (Å²) in [5.41, 5.74) is 8.52. The molecule has 8 rings (SSSR count). The second-order valence-electron chi connectivity index (χ2n) is 26.0. The van der Waals surface area contributed by atoms with Crippen LogP contribution >= 0.6 is 23.4 Å². The predicted octanol–water partition coefficient (Wildman–Crippen LogP) is 11.7.